The Morgan fingerprint density at radius 3 is 2.79 bits per heavy atom. The van der Waals surface area contributed by atoms with Crippen LogP contribution in [0.2, 0.25) is 0 Å². The van der Waals surface area contributed by atoms with Gasteiger partial charge in [-0.25, -0.2) is 4.79 Å². The second-order valence-electron chi connectivity index (χ2n) is 4.26. The van der Waals surface area contributed by atoms with Crippen molar-refractivity contribution < 1.29 is 14.7 Å². The van der Waals surface area contributed by atoms with Crippen molar-refractivity contribution in [2.75, 3.05) is 0 Å². The zero-order valence-corrected chi connectivity index (χ0v) is 11.8. The van der Waals surface area contributed by atoms with Crippen LogP contribution < -0.4 is 5.32 Å². The number of carboxylic acids is 1. The highest BCUT2D eigenvalue weighted by molar-refractivity contribution is 9.10. The van der Waals surface area contributed by atoms with Gasteiger partial charge in [0.25, 0.3) is 0 Å². The Kier molecular flexibility index (Phi) is 3.90. The van der Waals surface area contributed by atoms with Gasteiger partial charge in [-0.3, -0.25) is 4.79 Å². The molecule has 6 heteroatoms. The number of aliphatic carboxylic acids is 1. The largest absolute Gasteiger partial charge is 0.480 e. The Morgan fingerprint density at radius 2 is 2.16 bits per heavy atom. The number of carbonyl (C=O) groups is 2. The molecule has 0 aliphatic rings. The predicted octanol–water partition coefficient (Wildman–Crippen LogP) is 1.99. The molecule has 0 radical (unpaired) electrons. The Bertz CT molecular complexity index is 636. The first-order chi connectivity index (χ1) is 8.97. The lowest BCUT2D eigenvalue weighted by atomic mass is 10.2. The van der Waals surface area contributed by atoms with Gasteiger partial charge < -0.3 is 15.0 Å². The van der Waals surface area contributed by atoms with E-state index in [1.54, 1.807) is 0 Å². The number of carboxylic acid groups (broad SMARTS) is 1. The molecule has 5 nitrogen and oxygen atoms in total. The van der Waals surface area contributed by atoms with E-state index in [1.165, 1.54) is 6.92 Å². The van der Waals surface area contributed by atoms with Gasteiger partial charge in [-0.15, -0.1) is 0 Å². The molecule has 1 atom stereocenters. The number of rotatable bonds is 4. The lowest BCUT2D eigenvalue weighted by Crippen LogP contribution is -2.42. The fourth-order valence-corrected chi connectivity index (χ4v) is 2.29. The van der Waals surface area contributed by atoms with Gasteiger partial charge in [-0.2, -0.15) is 0 Å². The average molecular weight is 325 g/mol. The van der Waals surface area contributed by atoms with Gasteiger partial charge in [0.2, 0.25) is 5.91 Å². The zero-order valence-electron chi connectivity index (χ0n) is 10.3. The molecule has 19 heavy (non-hydrogen) atoms. The number of nitrogens with one attached hydrogen (secondary N) is 1. The van der Waals surface area contributed by atoms with Crippen molar-refractivity contribution in [2.24, 2.45) is 0 Å². The Labute approximate surface area is 118 Å². The van der Waals surface area contributed by atoms with E-state index >= 15 is 0 Å². The maximum Gasteiger partial charge on any atom is 0.328 e. The molecule has 0 saturated carbocycles. The van der Waals surface area contributed by atoms with Crippen LogP contribution in [0.3, 0.4) is 0 Å². The summed E-state index contributed by atoms with van der Waals surface area (Å²) in [6, 6.07) is 6.77. The van der Waals surface area contributed by atoms with Gasteiger partial charge in [0.15, 0.2) is 0 Å². The summed E-state index contributed by atoms with van der Waals surface area (Å²) in [4.78, 5) is 22.1. The predicted molar refractivity (Wildman–Crippen MR) is 74.9 cm³/mol. The lowest BCUT2D eigenvalue weighted by molar-refractivity contribution is -0.141. The van der Waals surface area contributed by atoms with Gasteiger partial charge in [0, 0.05) is 23.1 Å². The van der Waals surface area contributed by atoms with E-state index in [1.807, 2.05) is 35.0 Å². The van der Waals surface area contributed by atoms with Crippen LogP contribution in [0.1, 0.15) is 6.92 Å². The van der Waals surface area contributed by atoms with E-state index in [-0.39, 0.29) is 12.5 Å². The monoisotopic (exact) mass is 324 g/mol. The third-order valence-corrected chi connectivity index (χ3v) is 3.28. The molecule has 100 valence electrons. The van der Waals surface area contributed by atoms with Crippen LogP contribution in [0.5, 0.6) is 0 Å². The maximum atomic E-state index is 11.1. The van der Waals surface area contributed by atoms with Gasteiger partial charge in [-0.05, 0) is 23.6 Å². The average Bonchev–Trinajstić information content (AvgIpc) is 2.70. The van der Waals surface area contributed by atoms with Crippen molar-refractivity contribution in [1.82, 2.24) is 9.88 Å². The number of hydrogen-bond acceptors (Lipinski definition) is 2. The molecular formula is C13H13BrN2O3. The number of hydrogen-bond donors (Lipinski definition) is 2. The van der Waals surface area contributed by atoms with Crippen LogP contribution in [0.4, 0.5) is 0 Å². The number of nitrogens with zero attached hydrogens (tertiary/aromatic N) is 1. The molecule has 0 aliphatic heterocycles. The molecule has 0 aliphatic carbocycles. The topological polar surface area (TPSA) is 71.3 Å². The molecule has 0 bridgehead atoms. The first-order valence-electron chi connectivity index (χ1n) is 5.71. The summed E-state index contributed by atoms with van der Waals surface area (Å²) >= 11 is 3.39. The van der Waals surface area contributed by atoms with Crippen molar-refractivity contribution in [3.8, 4) is 0 Å². The number of halogens is 1. The molecule has 1 aromatic carbocycles. The van der Waals surface area contributed by atoms with Crippen LogP contribution in [-0.2, 0) is 16.1 Å². The van der Waals surface area contributed by atoms with Crippen LogP contribution in [-0.4, -0.2) is 27.6 Å². The highest BCUT2D eigenvalue weighted by atomic mass is 79.9. The number of aromatic nitrogens is 1. The van der Waals surface area contributed by atoms with Crippen LogP contribution in [0.25, 0.3) is 10.9 Å². The van der Waals surface area contributed by atoms with Crippen molar-refractivity contribution in [2.45, 2.75) is 19.5 Å². The smallest absolute Gasteiger partial charge is 0.328 e. The summed E-state index contributed by atoms with van der Waals surface area (Å²) in [6.45, 7) is 1.50. The van der Waals surface area contributed by atoms with Crippen molar-refractivity contribution in [3.63, 3.8) is 0 Å². The fraction of sp³-hybridized carbons (Fsp3) is 0.231. The lowest BCUT2D eigenvalue weighted by Gasteiger charge is -2.15. The highest BCUT2D eigenvalue weighted by Gasteiger charge is 2.19. The zero-order chi connectivity index (χ0) is 14.0. The van der Waals surface area contributed by atoms with E-state index in [0.29, 0.717) is 0 Å². The summed E-state index contributed by atoms with van der Waals surface area (Å²) in [5.74, 6) is -1.41. The minimum Gasteiger partial charge on any atom is -0.480 e. The standard InChI is InChI=1S/C13H13BrN2O3/c1-8(17)15-11(13(18)19)7-16-5-4-9-2-3-10(14)6-12(9)16/h2-6,11H,7H2,1H3,(H,15,17)(H,18,19). The molecule has 2 N–H and O–H groups in total. The SMILES string of the molecule is CC(=O)NC(Cn1ccc2ccc(Br)cc21)C(=O)O. The Hall–Kier alpha value is -1.82. The number of benzene rings is 1. The van der Waals surface area contributed by atoms with E-state index in [2.05, 4.69) is 21.2 Å². The van der Waals surface area contributed by atoms with Gasteiger partial charge in [0.05, 0.1) is 6.54 Å². The molecule has 1 amide bonds. The summed E-state index contributed by atoms with van der Waals surface area (Å²) in [7, 11) is 0. The van der Waals surface area contributed by atoms with E-state index in [9.17, 15) is 9.59 Å². The van der Waals surface area contributed by atoms with Crippen molar-refractivity contribution >= 4 is 38.7 Å². The van der Waals surface area contributed by atoms with E-state index in [0.717, 1.165) is 15.4 Å². The van der Waals surface area contributed by atoms with Crippen molar-refractivity contribution in [1.29, 1.82) is 0 Å². The van der Waals surface area contributed by atoms with Crippen LogP contribution >= 0.6 is 15.9 Å². The molecule has 1 unspecified atom stereocenters. The van der Waals surface area contributed by atoms with Gasteiger partial charge in [-0.1, -0.05) is 22.0 Å². The van der Waals surface area contributed by atoms with Crippen LogP contribution in [0, 0.1) is 0 Å². The third kappa shape index (κ3) is 3.14. The van der Waals surface area contributed by atoms with E-state index < -0.39 is 12.0 Å². The Balaban J connectivity index is 2.31. The number of carbonyl (C=O) groups excluding carboxylic acids is 1. The molecule has 2 rings (SSSR count). The molecule has 1 heterocycles. The minimum absolute atomic E-state index is 0.189. The third-order valence-electron chi connectivity index (χ3n) is 2.79. The van der Waals surface area contributed by atoms with Crippen LogP contribution in [0.15, 0.2) is 34.9 Å². The summed E-state index contributed by atoms with van der Waals surface area (Å²) in [5, 5.41) is 12.6. The summed E-state index contributed by atoms with van der Waals surface area (Å²) < 4.78 is 2.74. The minimum atomic E-state index is -1.05. The summed E-state index contributed by atoms with van der Waals surface area (Å²) in [6.07, 6.45) is 1.81. The van der Waals surface area contributed by atoms with Gasteiger partial charge in [0.1, 0.15) is 6.04 Å². The highest BCUT2D eigenvalue weighted by Crippen LogP contribution is 2.21. The quantitative estimate of drug-likeness (QED) is 0.903. The summed E-state index contributed by atoms with van der Waals surface area (Å²) in [5.41, 5.74) is 0.922. The number of amides is 1. The normalized spacial score (nSPS) is 12.3. The number of fused-ring (bicyclic) bond motifs is 1. The van der Waals surface area contributed by atoms with E-state index in [4.69, 9.17) is 5.11 Å². The molecule has 0 spiro atoms. The molecule has 2 aromatic rings. The maximum absolute atomic E-state index is 11.1. The molecule has 1 aromatic heterocycles. The molecule has 0 fully saturated rings. The Morgan fingerprint density at radius 1 is 1.42 bits per heavy atom. The first kappa shape index (κ1) is 13.6. The first-order valence-corrected chi connectivity index (χ1v) is 6.51. The van der Waals surface area contributed by atoms with Crippen molar-refractivity contribution in [3.05, 3.63) is 34.9 Å². The fourth-order valence-electron chi connectivity index (χ4n) is 1.94. The molecular weight excluding hydrogens is 312 g/mol. The second kappa shape index (κ2) is 5.44. The molecule has 0 saturated heterocycles. The van der Waals surface area contributed by atoms with Gasteiger partial charge >= 0.3 is 5.97 Å². The second-order valence-corrected chi connectivity index (χ2v) is 5.18.